The molecule has 0 atom stereocenters. The predicted molar refractivity (Wildman–Crippen MR) is 92.7 cm³/mol. The predicted octanol–water partition coefficient (Wildman–Crippen LogP) is 4.53. The lowest BCUT2D eigenvalue weighted by molar-refractivity contribution is 0.102. The van der Waals surface area contributed by atoms with E-state index >= 15 is 0 Å². The first-order valence-corrected chi connectivity index (χ1v) is 8.39. The Bertz CT molecular complexity index is 662. The van der Waals surface area contributed by atoms with Crippen molar-refractivity contribution >= 4 is 23.5 Å². The number of rotatable bonds is 5. The molecule has 1 N–H and O–H groups in total. The van der Waals surface area contributed by atoms with Gasteiger partial charge < -0.3 is 5.32 Å². The molecule has 2 rings (SSSR count). The summed E-state index contributed by atoms with van der Waals surface area (Å²) in [6.07, 6.45) is 0. The van der Waals surface area contributed by atoms with E-state index in [0.29, 0.717) is 10.8 Å². The van der Waals surface area contributed by atoms with E-state index in [1.165, 1.54) is 0 Å². The Kier molecular flexibility index (Phi) is 5.29. The maximum Gasteiger partial charge on any atom is 0.256 e. The van der Waals surface area contributed by atoms with Crippen LogP contribution in [-0.4, -0.2) is 20.9 Å². The highest BCUT2D eigenvalue weighted by Crippen LogP contribution is 2.24. The Morgan fingerprint density at radius 3 is 2.59 bits per heavy atom. The van der Waals surface area contributed by atoms with Crippen LogP contribution < -0.4 is 5.32 Å². The van der Waals surface area contributed by atoms with Crippen LogP contribution in [0.5, 0.6) is 0 Å². The number of carbonyl (C=O) groups excluding carboxylic acids is 1. The minimum absolute atomic E-state index is 0.104. The minimum Gasteiger partial charge on any atom is -0.307 e. The number of hydrogen-bond donors (Lipinski definition) is 1. The molecule has 1 aromatic heterocycles. The quantitative estimate of drug-likeness (QED) is 0.824. The van der Waals surface area contributed by atoms with Crippen LogP contribution >= 0.6 is 11.8 Å². The van der Waals surface area contributed by atoms with Gasteiger partial charge in [-0.2, -0.15) is 5.10 Å². The number of hydrogen-bond acceptors (Lipinski definition) is 3. The normalized spacial score (nSPS) is 11.2. The monoisotopic (exact) mass is 317 g/mol. The maximum absolute atomic E-state index is 12.5. The second kappa shape index (κ2) is 7.01. The van der Waals surface area contributed by atoms with Crippen LogP contribution in [0.2, 0.25) is 0 Å². The topological polar surface area (TPSA) is 46.9 Å². The molecule has 0 fully saturated rings. The average molecular weight is 317 g/mol. The number of nitrogens with zero attached hydrogens (tertiary/aromatic N) is 2. The molecule has 0 aliphatic heterocycles. The number of carbonyl (C=O) groups is 1. The number of amides is 1. The van der Waals surface area contributed by atoms with Crippen molar-refractivity contribution in [3.8, 4) is 0 Å². The molecule has 0 unspecified atom stereocenters. The Hall–Kier alpha value is -1.75. The maximum atomic E-state index is 12.5. The van der Waals surface area contributed by atoms with Gasteiger partial charge in [0.05, 0.1) is 5.69 Å². The second-order valence-electron chi connectivity index (χ2n) is 5.86. The van der Waals surface area contributed by atoms with Gasteiger partial charge in [0.1, 0.15) is 5.82 Å². The summed E-state index contributed by atoms with van der Waals surface area (Å²) >= 11 is 1.75. The van der Waals surface area contributed by atoms with Crippen LogP contribution in [0, 0.1) is 6.92 Å². The van der Waals surface area contributed by atoms with Gasteiger partial charge in [-0.25, -0.2) is 4.68 Å². The van der Waals surface area contributed by atoms with Gasteiger partial charge >= 0.3 is 0 Å². The van der Waals surface area contributed by atoms with E-state index in [4.69, 9.17) is 0 Å². The number of anilines is 1. The van der Waals surface area contributed by atoms with Gasteiger partial charge in [-0.05, 0) is 39.0 Å². The van der Waals surface area contributed by atoms with Crippen LogP contribution in [0.3, 0.4) is 0 Å². The number of nitrogens with one attached hydrogen (secondary N) is 1. The Balaban J connectivity index is 2.19. The van der Waals surface area contributed by atoms with Crippen LogP contribution in [-0.2, 0) is 0 Å². The number of aryl methyl sites for hydroxylation is 1. The second-order valence-corrected chi connectivity index (χ2v) is 7.51. The summed E-state index contributed by atoms with van der Waals surface area (Å²) in [4.78, 5) is 13.6. The molecule has 5 heteroatoms. The van der Waals surface area contributed by atoms with Gasteiger partial charge in [-0.15, -0.1) is 11.8 Å². The highest BCUT2D eigenvalue weighted by molar-refractivity contribution is 7.99. The van der Waals surface area contributed by atoms with Crippen molar-refractivity contribution < 1.29 is 4.79 Å². The van der Waals surface area contributed by atoms with Crippen molar-refractivity contribution in [2.24, 2.45) is 0 Å². The van der Waals surface area contributed by atoms with Crippen molar-refractivity contribution in [2.45, 2.75) is 50.8 Å². The van der Waals surface area contributed by atoms with Crippen molar-refractivity contribution in [3.05, 3.63) is 41.6 Å². The highest BCUT2D eigenvalue weighted by atomic mass is 32.2. The standard InChI is InChI=1S/C17H23N3OS/c1-11(2)20-16(9-13(5)19-20)18-17(21)14-7-6-8-15(10-14)22-12(3)4/h6-12H,1-5H3,(H,18,21). The number of thioether (sulfide) groups is 1. The van der Waals surface area contributed by atoms with Gasteiger partial charge in [0.15, 0.2) is 0 Å². The van der Waals surface area contributed by atoms with E-state index < -0.39 is 0 Å². The Labute approximate surface area is 136 Å². The van der Waals surface area contributed by atoms with Gasteiger partial charge in [0, 0.05) is 27.8 Å². The fraction of sp³-hybridized carbons (Fsp3) is 0.412. The smallest absolute Gasteiger partial charge is 0.256 e. The summed E-state index contributed by atoms with van der Waals surface area (Å²) < 4.78 is 1.83. The molecule has 1 heterocycles. The van der Waals surface area contributed by atoms with Crippen molar-refractivity contribution in [1.82, 2.24) is 9.78 Å². The van der Waals surface area contributed by atoms with Crippen molar-refractivity contribution in [3.63, 3.8) is 0 Å². The van der Waals surface area contributed by atoms with Crippen LogP contribution in [0.1, 0.15) is 49.8 Å². The molecule has 0 bridgehead atoms. The van der Waals surface area contributed by atoms with Gasteiger partial charge in [0.25, 0.3) is 5.91 Å². The number of aromatic nitrogens is 2. The zero-order valence-corrected chi connectivity index (χ0v) is 14.6. The van der Waals surface area contributed by atoms with Crippen molar-refractivity contribution in [2.75, 3.05) is 5.32 Å². The molecule has 118 valence electrons. The van der Waals surface area contributed by atoms with Gasteiger partial charge in [-0.3, -0.25) is 4.79 Å². The molecule has 0 aliphatic rings. The highest BCUT2D eigenvalue weighted by Gasteiger charge is 2.13. The zero-order valence-electron chi connectivity index (χ0n) is 13.8. The Morgan fingerprint density at radius 2 is 1.95 bits per heavy atom. The number of benzene rings is 1. The molecule has 0 aliphatic carbocycles. The fourth-order valence-electron chi connectivity index (χ4n) is 2.17. The Morgan fingerprint density at radius 1 is 1.23 bits per heavy atom. The summed E-state index contributed by atoms with van der Waals surface area (Å²) in [5.74, 6) is 0.632. The van der Waals surface area contributed by atoms with Crippen LogP contribution in [0.4, 0.5) is 5.82 Å². The zero-order chi connectivity index (χ0) is 16.3. The molecule has 0 radical (unpaired) electrons. The van der Waals surface area contributed by atoms with E-state index in [2.05, 4.69) is 24.3 Å². The van der Waals surface area contributed by atoms with E-state index in [1.54, 1.807) is 11.8 Å². The summed E-state index contributed by atoms with van der Waals surface area (Å²) in [6.45, 7) is 10.3. The molecule has 22 heavy (non-hydrogen) atoms. The first-order chi connectivity index (χ1) is 10.4. The van der Waals surface area contributed by atoms with Crippen LogP contribution in [0.25, 0.3) is 0 Å². The third-order valence-corrected chi connectivity index (χ3v) is 4.05. The molecule has 4 nitrogen and oxygen atoms in total. The molecule has 1 aromatic carbocycles. The largest absolute Gasteiger partial charge is 0.307 e. The molecule has 2 aromatic rings. The summed E-state index contributed by atoms with van der Waals surface area (Å²) in [6, 6.07) is 9.82. The lowest BCUT2D eigenvalue weighted by Crippen LogP contribution is -2.16. The van der Waals surface area contributed by atoms with E-state index in [9.17, 15) is 4.79 Å². The SMILES string of the molecule is Cc1cc(NC(=O)c2cccc(SC(C)C)c2)n(C(C)C)n1. The molecule has 0 saturated heterocycles. The lowest BCUT2D eigenvalue weighted by atomic mass is 10.2. The molecule has 0 saturated carbocycles. The summed E-state index contributed by atoms with van der Waals surface area (Å²) in [5.41, 5.74) is 1.56. The third kappa shape index (κ3) is 4.13. The van der Waals surface area contributed by atoms with E-state index in [1.807, 2.05) is 55.8 Å². The molecular formula is C17H23N3OS. The van der Waals surface area contributed by atoms with Gasteiger partial charge in [-0.1, -0.05) is 19.9 Å². The first-order valence-electron chi connectivity index (χ1n) is 7.51. The van der Waals surface area contributed by atoms with E-state index in [-0.39, 0.29) is 11.9 Å². The molecule has 1 amide bonds. The minimum atomic E-state index is -0.104. The lowest BCUT2D eigenvalue weighted by Gasteiger charge is -2.12. The summed E-state index contributed by atoms with van der Waals surface area (Å²) in [5, 5.41) is 7.86. The van der Waals surface area contributed by atoms with Gasteiger partial charge in [0.2, 0.25) is 0 Å². The third-order valence-electron chi connectivity index (χ3n) is 3.06. The van der Waals surface area contributed by atoms with Crippen LogP contribution in [0.15, 0.2) is 35.2 Å². The first kappa shape index (κ1) is 16.6. The average Bonchev–Trinajstić information content (AvgIpc) is 2.79. The summed E-state index contributed by atoms with van der Waals surface area (Å²) in [7, 11) is 0. The van der Waals surface area contributed by atoms with Crippen molar-refractivity contribution in [1.29, 1.82) is 0 Å². The molecular weight excluding hydrogens is 294 g/mol. The fourth-order valence-corrected chi connectivity index (χ4v) is 3.07. The molecule has 0 spiro atoms. The van der Waals surface area contributed by atoms with E-state index in [0.717, 1.165) is 16.4 Å².